The summed E-state index contributed by atoms with van der Waals surface area (Å²) in [7, 11) is 0. The molecule has 0 saturated heterocycles. The van der Waals surface area contributed by atoms with Crippen molar-refractivity contribution in [2.24, 2.45) is 0 Å². The molecule has 0 bridgehead atoms. The van der Waals surface area contributed by atoms with Crippen molar-refractivity contribution in [3.63, 3.8) is 0 Å². The van der Waals surface area contributed by atoms with Gasteiger partial charge in [0.25, 0.3) is 5.78 Å². The topological polar surface area (TPSA) is 55.1 Å². The van der Waals surface area contributed by atoms with Crippen LogP contribution in [-0.4, -0.2) is 26.1 Å². The monoisotopic (exact) mass is 267 g/mol. The van der Waals surface area contributed by atoms with Gasteiger partial charge in [0.1, 0.15) is 12.1 Å². The smallest absolute Gasteiger partial charge is 0.254 e. The number of fused-ring (bicyclic) bond motifs is 1. The highest BCUT2D eigenvalue weighted by Gasteiger charge is 2.04. The molecular formula is C15H17N5. The van der Waals surface area contributed by atoms with E-state index in [4.69, 9.17) is 0 Å². The lowest BCUT2D eigenvalue weighted by molar-refractivity contribution is 0.841. The van der Waals surface area contributed by atoms with Crippen molar-refractivity contribution in [3.8, 4) is 0 Å². The van der Waals surface area contributed by atoms with E-state index in [-0.39, 0.29) is 0 Å². The molecule has 1 aromatic carbocycles. The number of hydrogen-bond acceptors (Lipinski definition) is 4. The minimum atomic E-state index is 0.635. The Labute approximate surface area is 117 Å². The van der Waals surface area contributed by atoms with Crippen LogP contribution in [0.3, 0.4) is 0 Å². The van der Waals surface area contributed by atoms with Crippen LogP contribution in [0, 0.1) is 6.92 Å². The molecule has 2 aromatic heterocycles. The van der Waals surface area contributed by atoms with Gasteiger partial charge in [-0.3, -0.25) is 0 Å². The van der Waals surface area contributed by atoms with Gasteiger partial charge in [-0.1, -0.05) is 30.3 Å². The van der Waals surface area contributed by atoms with Crippen molar-refractivity contribution in [1.82, 2.24) is 19.6 Å². The molecule has 1 N–H and O–H groups in total. The molecule has 0 unspecified atom stereocenters. The molecule has 0 aliphatic heterocycles. The zero-order valence-electron chi connectivity index (χ0n) is 11.5. The molecule has 0 atom stereocenters. The average molecular weight is 267 g/mol. The molecule has 0 spiro atoms. The largest absolute Gasteiger partial charge is 0.370 e. The van der Waals surface area contributed by atoms with Gasteiger partial charge in [0.15, 0.2) is 0 Å². The maximum absolute atomic E-state index is 4.32. The van der Waals surface area contributed by atoms with E-state index in [0.29, 0.717) is 5.78 Å². The molecule has 0 fully saturated rings. The second kappa shape index (κ2) is 5.69. The van der Waals surface area contributed by atoms with Crippen LogP contribution in [0.4, 0.5) is 5.82 Å². The van der Waals surface area contributed by atoms with E-state index >= 15 is 0 Å². The summed E-state index contributed by atoms with van der Waals surface area (Å²) in [6, 6.07) is 12.5. The quantitative estimate of drug-likeness (QED) is 0.722. The van der Waals surface area contributed by atoms with Gasteiger partial charge in [-0.15, -0.1) is 0 Å². The van der Waals surface area contributed by atoms with Gasteiger partial charge in [-0.2, -0.15) is 14.6 Å². The first-order valence-electron chi connectivity index (χ1n) is 6.78. The third kappa shape index (κ3) is 2.77. The number of benzene rings is 1. The molecule has 0 saturated carbocycles. The lowest BCUT2D eigenvalue weighted by Crippen LogP contribution is -2.09. The van der Waals surface area contributed by atoms with Gasteiger partial charge in [0.05, 0.1) is 0 Å². The Kier molecular flexibility index (Phi) is 3.58. The maximum Gasteiger partial charge on any atom is 0.254 e. The van der Waals surface area contributed by atoms with E-state index < -0.39 is 0 Å². The standard InChI is InChI=1S/C15H17N5/c1-12-10-14(20-15(19-12)17-11-18-20)16-9-5-8-13-6-3-2-4-7-13/h2-4,6-7,10-11,16H,5,8-9H2,1H3. The second-order valence-electron chi connectivity index (χ2n) is 4.77. The average Bonchev–Trinajstić information content (AvgIpc) is 2.92. The Hall–Kier alpha value is -2.43. The lowest BCUT2D eigenvalue weighted by Gasteiger charge is -2.08. The summed E-state index contributed by atoms with van der Waals surface area (Å²) in [5.74, 6) is 1.58. The Bertz CT molecular complexity index is 690. The molecule has 3 aromatic rings. The Morgan fingerprint density at radius 1 is 1.20 bits per heavy atom. The van der Waals surface area contributed by atoms with Crippen molar-refractivity contribution in [2.75, 3.05) is 11.9 Å². The van der Waals surface area contributed by atoms with Crippen molar-refractivity contribution >= 4 is 11.6 Å². The van der Waals surface area contributed by atoms with E-state index in [1.54, 1.807) is 4.52 Å². The van der Waals surface area contributed by atoms with Crippen LogP contribution < -0.4 is 5.32 Å². The van der Waals surface area contributed by atoms with Crippen LogP contribution in [-0.2, 0) is 6.42 Å². The third-order valence-corrected chi connectivity index (χ3v) is 3.17. The number of hydrogen-bond donors (Lipinski definition) is 1. The summed E-state index contributed by atoms with van der Waals surface area (Å²) in [6.45, 7) is 2.86. The fourth-order valence-electron chi connectivity index (χ4n) is 2.21. The molecule has 20 heavy (non-hydrogen) atoms. The van der Waals surface area contributed by atoms with Gasteiger partial charge in [0.2, 0.25) is 0 Å². The Balaban J connectivity index is 1.61. The van der Waals surface area contributed by atoms with Crippen LogP contribution in [0.1, 0.15) is 17.7 Å². The van der Waals surface area contributed by atoms with E-state index in [0.717, 1.165) is 30.9 Å². The van der Waals surface area contributed by atoms with Crippen LogP contribution >= 0.6 is 0 Å². The molecule has 0 amide bonds. The van der Waals surface area contributed by atoms with Crippen LogP contribution in [0.25, 0.3) is 5.78 Å². The highest BCUT2D eigenvalue weighted by molar-refractivity contribution is 5.44. The molecular weight excluding hydrogens is 250 g/mol. The van der Waals surface area contributed by atoms with Crippen molar-refractivity contribution in [1.29, 1.82) is 0 Å². The highest BCUT2D eigenvalue weighted by atomic mass is 15.3. The van der Waals surface area contributed by atoms with Crippen LogP contribution in [0.5, 0.6) is 0 Å². The number of nitrogens with zero attached hydrogens (tertiary/aromatic N) is 4. The molecule has 5 nitrogen and oxygen atoms in total. The SMILES string of the molecule is Cc1cc(NCCCc2ccccc2)n2ncnc2n1. The summed E-state index contributed by atoms with van der Waals surface area (Å²) in [5, 5.41) is 7.58. The number of anilines is 1. The van der Waals surface area contributed by atoms with Crippen molar-refractivity contribution in [2.45, 2.75) is 19.8 Å². The number of nitrogens with one attached hydrogen (secondary N) is 1. The predicted molar refractivity (Wildman–Crippen MR) is 78.8 cm³/mol. The fraction of sp³-hybridized carbons (Fsp3) is 0.267. The van der Waals surface area contributed by atoms with Gasteiger partial charge < -0.3 is 5.32 Å². The summed E-state index contributed by atoms with van der Waals surface area (Å²) in [6.07, 6.45) is 3.66. The molecule has 102 valence electrons. The third-order valence-electron chi connectivity index (χ3n) is 3.17. The van der Waals surface area contributed by atoms with E-state index in [9.17, 15) is 0 Å². The number of aryl methyl sites for hydroxylation is 2. The van der Waals surface area contributed by atoms with Gasteiger partial charge >= 0.3 is 0 Å². The van der Waals surface area contributed by atoms with Crippen LogP contribution in [0.2, 0.25) is 0 Å². The Morgan fingerprint density at radius 2 is 2.05 bits per heavy atom. The highest BCUT2D eigenvalue weighted by Crippen LogP contribution is 2.10. The van der Waals surface area contributed by atoms with E-state index in [1.807, 2.05) is 19.1 Å². The molecule has 3 rings (SSSR count). The number of aromatic nitrogens is 4. The zero-order valence-corrected chi connectivity index (χ0v) is 11.5. The molecule has 0 radical (unpaired) electrons. The lowest BCUT2D eigenvalue weighted by atomic mass is 10.1. The molecule has 0 aliphatic rings. The van der Waals surface area contributed by atoms with Crippen molar-refractivity contribution < 1.29 is 0 Å². The van der Waals surface area contributed by atoms with Crippen LogP contribution in [0.15, 0.2) is 42.7 Å². The maximum atomic E-state index is 4.32. The summed E-state index contributed by atoms with van der Waals surface area (Å²) >= 11 is 0. The molecule has 2 heterocycles. The normalized spacial score (nSPS) is 10.8. The Morgan fingerprint density at radius 3 is 2.90 bits per heavy atom. The minimum absolute atomic E-state index is 0.635. The number of rotatable bonds is 5. The predicted octanol–water partition coefficient (Wildman–Crippen LogP) is 2.48. The molecule has 0 aliphatic carbocycles. The van der Waals surface area contributed by atoms with Gasteiger partial charge in [-0.05, 0) is 25.3 Å². The van der Waals surface area contributed by atoms with E-state index in [1.165, 1.54) is 11.9 Å². The molecule has 5 heteroatoms. The van der Waals surface area contributed by atoms with Gasteiger partial charge in [-0.25, -0.2) is 4.98 Å². The van der Waals surface area contributed by atoms with Gasteiger partial charge in [0, 0.05) is 18.3 Å². The summed E-state index contributed by atoms with van der Waals surface area (Å²) < 4.78 is 1.73. The fourth-order valence-corrected chi connectivity index (χ4v) is 2.21. The first kappa shape index (κ1) is 12.6. The summed E-state index contributed by atoms with van der Waals surface area (Å²) in [5.41, 5.74) is 2.31. The zero-order chi connectivity index (χ0) is 13.8. The summed E-state index contributed by atoms with van der Waals surface area (Å²) in [4.78, 5) is 8.44. The first-order chi connectivity index (χ1) is 9.83. The van der Waals surface area contributed by atoms with E-state index in [2.05, 4.69) is 44.6 Å². The second-order valence-corrected chi connectivity index (χ2v) is 4.77. The van der Waals surface area contributed by atoms with Crippen molar-refractivity contribution in [3.05, 3.63) is 54.0 Å². The first-order valence-corrected chi connectivity index (χ1v) is 6.78. The minimum Gasteiger partial charge on any atom is -0.370 e.